The molecule has 0 aliphatic carbocycles. The molecule has 3 rings (SSSR count). The average Bonchev–Trinajstić information content (AvgIpc) is 2.63. The van der Waals surface area contributed by atoms with Crippen molar-refractivity contribution < 1.29 is 8.78 Å². The van der Waals surface area contributed by atoms with Crippen LogP contribution in [0.15, 0.2) is 16.6 Å². The Morgan fingerprint density at radius 2 is 2.00 bits per heavy atom. The van der Waals surface area contributed by atoms with Crippen molar-refractivity contribution in [1.82, 2.24) is 10.2 Å². The van der Waals surface area contributed by atoms with Crippen molar-refractivity contribution in [3.8, 4) is 0 Å². The third-order valence-corrected chi connectivity index (χ3v) is 4.90. The first kappa shape index (κ1) is 13.5. The predicted octanol–water partition coefficient (Wildman–Crippen LogP) is 3.05. The maximum atomic E-state index is 14.1. The molecule has 2 heterocycles. The van der Waals surface area contributed by atoms with E-state index in [1.54, 1.807) is 0 Å². The molecule has 2 atom stereocenters. The minimum absolute atomic E-state index is 0.188. The first-order chi connectivity index (χ1) is 9.16. The summed E-state index contributed by atoms with van der Waals surface area (Å²) < 4.78 is 28.3. The lowest BCUT2D eigenvalue weighted by atomic mass is 10.1. The van der Waals surface area contributed by atoms with Crippen molar-refractivity contribution in [2.75, 3.05) is 13.1 Å². The summed E-state index contributed by atoms with van der Waals surface area (Å²) >= 11 is 3.13. The van der Waals surface area contributed by atoms with Crippen molar-refractivity contribution in [2.45, 2.75) is 37.9 Å². The van der Waals surface area contributed by atoms with Crippen LogP contribution in [0.25, 0.3) is 0 Å². The number of rotatable bonds is 2. The van der Waals surface area contributed by atoms with E-state index in [2.05, 4.69) is 26.1 Å². The monoisotopic (exact) mass is 330 g/mol. The van der Waals surface area contributed by atoms with Gasteiger partial charge in [0.05, 0.1) is 4.47 Å². The SMILES string of the molecule is Fc1ccc(Br)c(F)c1CN1C2CCNCC1CC2. The van der Waals surface area contributed by atoms with Gasteiger partial charge in [0.25, 0.3) is 0 Å². The summed E-state index contributed by atoms with van der Waals surface area (Å²) in [6, 6.07) is 3.62. The van der Waals surface area contributed by atoms with Crippen molar-refractivity contribution in [3.63, 3.8) is 0 Å². The smallest absolute Gasteiger partial charge is 0.144 e. The molecule has 2 aliphatic heterocycles. The van der Waals surface area contributed by atoms with Crippen molar-refractivity contribution >= 4 is 15.9 Å². The lowest BCUT2D eigenvalue weighted by Gasteiger charge is -2.28. The van der Waals surface area contributed by atoms with Gasteiger partial charge in [-0.05, 0) is 53.9 Å². The van der Waals surface area contributed by atoms with Crippen LogP contribution >= 0.6 is 15.9 Å². The summed E-state index contributed by atoms with van der Waals surface area (Å²) in [6.07, 6.45) is 3.33. The number of benzene rings is 1. The van der Waals surface area contributed by atoms with Gasteiger partial charge in [0, 0.05) is 30.7 Å². The van der Waals surface area contributed by atoms with Crippen LogP contribution in [0, 0.1) is 11.6 Å². The summed E-state index contributed by atoms with van der Waals surface area (Å²) in [6.45, 7) is 2.29. The van der Waals surface area contributed by atoms with Gasteiger partial charge in [0.15, 0.2) is 0 Å². The van der Waals surface area contributed by atoms with E-state index in [1.165, 1.54) is 12.1 Å². The first-order valence-electron chi connectivity index (χ1n) is 6.75. The number of nitrogens with one attached hydrogen (secondary N) is 1. The molecule has 0 saturated carbocycles. The van der Waals surface area contributed by atoms with Crippen LogP contribution in [0.2, 0.25) is 0 Å². The fourth-order valence-electron chi connectivity index (χ4n) is 3.24. The molecule has 2 aliphatic rings. The average molecular weight is 331 g/mol. The Kier molecular flexibility index (Phi) is 3.87. The summed E-state index contributed by atoms with van der Waals surface area (Å²) in [5.41, 5.74) is 0.188. The van der Waals surface area contributed by atoms with E-state index in [-0.39, 0.29) is 5.56 Å². The molecule has 0 amide bonds. The molecule has 2 fully saturated rings. The lowest BCUT2D eigenvalue weighted by molar-refractivity contribution is 0.188. The van der Waals surface area contributed by atoms with Crippen LogP contribution in [0.5, 0.6) is 0 Å². The molecular formula is C14H17BrF2N2. The number of halogens is 3. The van der Waals surface area contributed by atoms with Crippen LogP contribution in [0.4, 0.5) is 8.78 Å². The van der Waals surface area contributed by atoms with Gasteiger partial charge < -0.3 is 5.32 Å². The van der Waals surface area contributed by atoms with E-state index in [4.69, 9.17) is 0 Å². The minimum Gasteiger partial charge on any atom is -0.315 e. The van der Waals surface area contributed by atoms with Gasteiger partial charge in [0.2, 0.25) is 0 Å². The molecule has 2 nitrogen and oxygen atoms in total. The molecule has 104 valence electrons. The molecule has 1 aromatic rings. The molecule has 2 unspecified atom stereocenters. The molecule has 0 spiro atoms. The number of hydrogen-bond donors (Lipinski definition) is 1. The Morgan fingerprint density at radius 1 is 1.21 bits per heavy atom. The zero-order valence-corrected chi connectivity index (χ0v) is 12.2. The summed E-state index contributed by atoms with van der Waals surface area (Å²) in [5.74, 6) is -0.908. The summed E-state index contributed by atoms with van der Waals surface area (Å²) in [7, 11) is 0. The lowest BCUT2D eigenvalue weighted by Crippen LogP contribution is -2.37. The van der Waals surface area contributed by atoms with Crippen molar-refractivity contribution in [2.24, 2.45) is 0 Å². The van der Waals surface area contributed by atoms with Gasteiger partial charge >= 0.3 is 0 Å². The maximum Gasteiger partial charge on any atom is 0.144 e. The highest BCUT2D eigenvalue weighted by Crippen LogP contribution is 2.31. The first-order valence-corrected chi connectivity index (χ1v) is 7.55. The third-order valence-electron chi connectivity index (χ3n) is 4.29. The molecule has 19 heavy (non-hydrogen) atoms. The van der Waals surface area contributed by atoms with Gasteiger partial charge in [-0.15, -0.1) is 0 Å². The second-order valence-corrected chi connectivity index (χ2v) is 6.23. The topological polar surface area (TPSA) is 15.3 Å². The Labute approximate surface area is 120 Å². The standard InChI is InChI=1S/C14H17BrF2N2/c15-12-3-4-13(16)11(14(12)17)8-19-9-1-2-10(19)7-18-6-5-9/h3-4,9-10,18H,1-2,5-8H2. The van der Waals surface area contributed by atoms with Crippen molar-refractivity contribution in [3.05, 3.63) is 33.8 Å². The zero-order chi connectivity index (χ0) is 13.4. The van der Waals surface area contributed by atoms with Gasteiger partial charge in [-0.3, -0.25) is 4.90 Å². The maximum absolute atomic E-state index is 14.1. The van der Waals surface area contributed by atoms with E-state index in [0.717, 1.165) is 32.4 Å². The Balaban J connectivity index is 1.87. The highest BCUT2D eigenvalue weighted by molar-refractivity contribution is 9.10. The van der Waals surface area contributed by atoms with Gasteiger partial charge in [-0.1, -0.05) is 0 Å². The molecule has 2 saturated heterocycles. The van der Waals surface area contributed by atoms with Crippen LogP contribution in [-0.4, -0.2) is 30.1 Å². The van der Waals surface area contributed by atoms with E-state index < -0.39 is 11.6 Å². The van der Waals surface area contributed by atoms with E-state index >= 15 is 0 Å². The van der Waals surface area contributed by atoms with E-state index in [9.17, 15) is 8.78 Å². The van der Waals surface area contributed by atoms with Gasteiger partial charge in [-0.25, -0.2) is 8.78 Å². The predicted molar refractivity (Wildman–Crippen MR) is 73.9 cm³/mol. The number of hydrogen-bond acceptors (Lipinski definition) is 2. The Morgan fingerprint density at radius 3 is 2.84 bits per heavy atom. The van der Waals surface area contributed by atoms with E-state index in [1.807, 2.05) is 0 Å². The molecule has 5 heteroatoms. The van der Waals surface area contributed by atoms with Crippen molar-refractivity contribution in [1.29, 1.82) is 0 Å². The molecular weight excluding hydrogens is 314 g/mol. The Hall–Kier alpha value is -0.520. The summed E-state index contributed by atoms with van der Waals surface area (Å²) in [5, 5.41) is 3.40. The quantitative estimate of drug-likeness (QED) is 0.838. The molecule has 1 N–H and O–H groups in total. The molecule has 2 bridgehead atoms. The van der Waals surface area contributed by atoms with Crippen LogP contribution < -0.4 is 5.32 Å². The number of nitrogens with zero attached hydrogens (tertiary/aromatic N) is 1. The Bertz CT molecular complexity index is 467. The van der Waals surface area contributed by atoms with Crippen LogP contribution in [0.3, 0.4) is 0 Å². The third kappa shape index (κ3) is 2.56. The fourth-order valence-corrected chi connectivity index (χ4v) is 3.61. The van der Waals surface area contributed by atoms with Crippen LogP contribution in [0.1, 0.15) is 24.8 Å². The highest BCUT2D eigenvalue weighted by atomic mass is 79.9. The second-order valence-electron chi connectivity index (χ2n) is 5.37. The number of fused-ring (bicyclic) bond motifs is 2. The largest absolute Gasteiger partial charge is 0.315 e. The zero-order valence-electron chi connectivity index (χ0n) is 10.6. The summed E-state index contributed by atoms with van der Waals surface area (Å²) in [4.78, 5) is 2.27. The normalized spacial score (nSPS) is 27.5. The van der Waals surface area contributed by atoms with Gasteiger partial charge in [0.1, 0.15) is 11.6 Å². The fraction of sp³-hybridized carbons (Fsp3) is 0.571. The second kappa shape index (κ2) is 5.46. The highest BCUT2D eigenvalue weighted by Gasteiger charge is 2.35. The van der Waals surface area contributed by atoms with Gasteiger partial charge in [-0.2, -0.15) is 0 Å². The molecule has 0 aromatic heterocycles. The van der Waals surface area contributed by atoms with E-state index in [0.29, 0.717) is 23.1 Å². The minimum atomic E-state index is -0.461. The van der Waals surface area contributed by atoms with Crippen LogP contribution in [-0.2, 0) is 6.54 Å². The molecule has 1 aromatic carbocycles. The molecule has 0 radical (unpaired) electrons.